The molecule has 0 spiro atoms. The Morgan fingerprint density at radius 1 is 0.940 bits per heavy atom. The highest BCUT2D eigenvalue weighted by Gasteiger charge is 2.35. The molecule has 1 aliphatic heterocycles. The van der Waals surface area contributed by atoms with Gasteiger partial charge in [-0.3, -0.25) is 9.36 Å². The number of hydrogen-bond acceptors (Lipinski definition) is 9. The average molecular weight is 691 g/mol. The Kier molecular flexibility index (Phi) is 10.0. The van der Waals surface area contributed by atoms with E-state index in [2.05, 4.69) is 0 Å². The number of nitrogens with zero attached hydrogens (tertiary/aromatic N) is 2. The van der Waals surface area contributed by atoms with E-state index < -0.39 is 12.0 Å². The number of ether oxygens (including phenoxy) is 3. The first-order chi connectivity index (χ1) is 24.0. The molecule has 0 amide bonds. The van der Waals surface area contributed by atoms with Gasteiger partial charge in [-0.05, 0) is 89.1 Å². The van der Waals surface area contributed by atoms with E-state index in [4.69, 9.17) is 23.6 Å². The summed E-state index contributed by atoms with van der Waals surface area (Å²) in [5, 5.41) is 0. The first kappa shape index (κ1) is 34.4. The van der Waals surface area contributed by atoms with Gasteiger partial charge in [-0.15, -0.1) is 0 Å². The van der Waals surface area contributed by atoms with E-state index in [1.165, 1.54) is 11.3 Å². The Morgan fingerprint density at radius 3 is 2.34 bits per heavy atom. The SMILES string of the molecule is CCOC(=O)C1=C(c2ccccc2)N=c2s/c(=C\c3ccc(-c4ccc(C(=O)OC(C)C)cc4C)o3)c(=O)n2[C@@H]1c1ccc(OC(C)C)cc1. The van der Waals surface area contributed by atoms with Crippen molar-refractivity contribution >= 4 is 35.0 Å². The van der Waals surface area contributed by atoms with Crippen LogP contribution in [0.15, 0.2) is 105 Å². The van der Waals surface area contributed by atoms with Crippen molar-refractivity contribution in [2.24, 2.45) is 4.99 Å². The molecule has 2 aromatic heterocycles. The van der Waals surface area contributed by atoms with Crippen LogP contribution in [0.4, 0.5) is 0 Å². The minimum atomic E-state index is -0.813. The fourth-order valence-electron chi connectivity index (χ4n) is 5.81. The number of rotatable bonds is 10. The van der Waals surface area contributed by atoms with Crippen molar-refractivity contribution in [1.82, 2.24) is 4.57 Å². The second kappa shape index (κ2) is 14.6. The topological polar surface area (TPSA) is 109 Å². The first-order valence-electron chi connectivity index (χ1n) is 16.5. The highest BCUT2D eigenvalue weighted by molar-refractivity contribution is 7.07. The minimum absolute atomic E-state index is 0.0166. The quantitative estimate of drug-likeness (QED) is 0.147. The molecule has 50 heavy (non-hydrogen) atoms. The molecule has 5 aromatic rings. The van der Waals surface area contributed by atoms with Crippen LogP contribution in [0.3, 0.4) is 0 Å². The van der Waals surface area contributed by atoms with Crippen LogP contribution in [0.25, 0.3) is 23.1 Å². The predicted octanol–water partition coefficient (Wildman–Crippen LogP) is 6.86. The number of furan rings is 1. The molecule has 1 atom stereocenters. The lowest BCUT2D eigenvalue weighted by molar-refractivity contribution is -0.138. The van der Waals surface area contributed by atoms with Crippen molar-refractivity contribution < 1.29 is 28.2 Å². The number of aryl methyl sites for hydroxylation is 1. The van der Waals surface area contributed by atoms with Crippen LogP contribution in [-0.2, 0) is 14.3 Å². The summed E-state index contributed by atoms with van der Waals surface area (Å²) in [6, 6.07) is 24.9. The largest absolute Gasteiger partial charge is 0.491 e. The number of carbonyl (C=O) groups excluding carboxylic acids is 2. The standard InChI is InChI=1S/C40H38N2O7S/c1-7-46-39(45)34-35(26-11-9-8-10-12-26)41-40-42(36(34)27-13-16-29(17-14-27)47-23(2)3)37(43)33(50-40)22-30-18-20-32(49-30)31-19-15-28(21-25(31)6)38(44)48-24(4)5/h8-24,36H,7H2,1-6H3/b33-22-/t36-/m1/s1. The van der Waals surface area contributed by atoms with Gasteiger partial charge in [0.05, 0.1) is 46.2 Å². The molecular weight excluding hydrogens is 653 g/mol. The fraction of sp³-hybridized carbons (Fsp3) is 0.250. The molecule has 10 heteroatoms. The van der Waals surface area contributed by atoms with Crippen LogP contribution in [0.2, 0.25) is 0 Å². The lowest BCUT2D eigenvalue weighted by Gasteiger charge is -2.26. The third-order valence-corrected chi connectivity index (χ3v) is 8.89. The monoisotopic (exact) mass is 690 g/mol. The molecule has 3 aromatic carbocycles. The Balaban J connectivity index is 1.46. The molecule has 0 aliphatic carbocycles. The van der Waals surface area contributed by atoms with Gasteiger partial charge in [0.15, 0.2) is 4.80 Å². The molecule has 0 saturated carbocycles. The van der Waals surface area contributed by atoms with Crippen LogP contribution in [0.1, 0.15) is 73.5 Å². The van der Waals surface area contributed by atoms with Crippen molar-refractivity contribution in [3.05, 3.63) is 138 Å². The lowest BCUT2D eigenvalue weighted by atomic mass is 9.93. The molecule has 0 unspecified atom stereocenters. The van der Waals surface area contributed by atoms with Gasteiger partial charge in [0.1, 0.15) is 17.3 Å². The van der Waals surface area contributed by atoms with Gasteiger partial charge in [0.2, 0.25) is 0 Å². The maximum Gasteiger partial charge on any atom is 0.338 e. The van der Waals surface area contributed by atoms with Crippen LogP contribution in [-0.4, -0.2) is 35.3 Å². The van der Waals surface area contributed by atoms with E-state index in [1.54, 1.807) is 35.8 Å². The van der Waals surface area contributed by atoms with E-state index in [0.717, 1.165) is 16.7 Å². The van der Waals surface area contributed by atoms with Gasteiger partial charge in [-0.1, -0.05) is 59.9 Å². The van der Waals surface area contributed by atoms with E-state index in [-0.39, 0.29) is 35.9 Å². The van der Waals surface area contributed by atoms with Crippen molar-refractivity contribution in [2.75, 3.05) is 6.61 Å². The molecule has 6 rings (SSSR count). The molecule has 256 valence electrons. The summed E-state index contributed by atoms with van der Waals surface area (Å²) in [4.78, 5) is 45.8. The molecular formula is C40H38N2O7S. The maximum atomic E-state index is 14.3. The van der Waals surface area contributed by atoms with Crippen molar-refractivity contribution in [1.29, 1.82) is 0 Å². The number of carbonyl (C=O) groups is 2. The number of thiazole rings is 1. The predicted molar refractivity (Wildman–Crippen MR) is 193 cm³/mol. The fourth-order valence-corrected chi connectivity index (χ4v) is 6.79. The normalized spacial score (nSPS) is 14.5. The van der Waals surface area contributed by atoms with E-state index in [0.29, 0.717) is 43.4 Å². The summed E-state index contributed by atoms with van der Waals surface area (Å²) < 4.78 is 24.9. The van der Waals surface area contributed by atoms with Gasteiger partial charge in [-0.2, -0.15) is 0 Å². The molecule has 1 aliphatic rings. The Bertz CT molecular complexity index is 2260. The Labute approximate surface area is 293 Å². The van der Waals surface area contributed by atoms with Crippen molar-refractivity contribution in [3.63, 3.8) is 0 Å². The molecule has 0 N–H and O–H groups in total. The van der Waals surface area contributed by atoms with E-state index in [1.807, 2.05) is 101 Å². The van der Waals surface area contributed by atoms with Gasteiger partial charge in [0.25, 0.3) is 5.56 Å². The zero-order valence-corrected chi connectivity index (χ0v) is 29.6. The van der Waals surface area contributed by atoms with Crippen LogP contribution in [0.5, 0.6) is 5.75 Å². The molecule has 0 bridgehead atoms. The Morgan fingerprint density at radius 2 is 1.68 bits per heavy atom. The molecule has 0 saturated heterocycles. The molecule has 0 radical (unpaired) electrons. The number of esters is 2. The van der Waals surface area contributed by atoms with Gasteiger partial charge >= 0.3 is 11.9 Å². The first-order valence-corrected chi connectivity index (χ1v) is 17.3. The van der Waals surface area contributed by atoms with Crippen molar-refractivity contribution in [3.8, 4) is 17.1 Å². The maximum absolute atomic E-state index is 14.3. The highest BCUT2D eigenvalue weighted by Crippen LogP contribution is 2.36. The zero-order chi connectivity index (χ0) is 35.5. The number of aromatic nitrogens is 1. The number of fused-ring (bicyclic) bond motifs is 1. The summed E-state index contributed by atoms with van der Waals surface area (Å²) in [5.74, 6) is 0.793. The lowest BCUT2D eigenvalue weighted by Crippen LogP contribution is -2.40. The summed E-state index contributed by atoms with van der Waals surface area (Å²) in [6.07, 6.45) is 1.45. The summed E-state index contributed by atoms with van der Waals surface area (Å²) in [5.41, 5.74) is 3.94. The van der Waals surface area contributed by atoms with Crippen LogP contribution >= 0.6 is 11.3 Å². The number of hydrogen-bond donors (Lipinski definition) is 0. The smallest absolute Gasteiger partial charge is 0.338 e. The molecule has 3 heterocycles. The Hall–Kier alpha value is -5.48. The third-order valence-electron chi connectivity index (χ3n) is 7.91. The van der Waals surface area contributed by atoms with Gasteiger partial charge in [-0.25, -0.2) is 14.6 Å². The van der Waals surface area contributed by atoms with Gasteiger partial charge in [0, 0.05) is 17.2 Å². The summed E-state index contributed by atoms with van der Waals surface area (Å²) >= 11 is 1.22. The summed E-state index contributed by atoms with van der Waals surface area (Å²) in [7, 11) is 0. The van der Waals surface area contributed by atoms with Crippen LogP contribution in [0, 0.1) is 6.92 Å². The third kappa shape index (κ3) is 7.11. The van der Waals surface area contributed by atoms with E-state index >= 15 is 0 Å². The molecule has 9 nitrogen and oxygen atoms in total. The second-order valence-corrected chi connectivity index (χ2v) is 13.4. The van der Waals surface area contributed by atoms with Crippen LogP contribution < -0.4 is 19.6 Å². The van der Waals surface area contributed by atoms with Gasteiger partial charge < -0.3 is 18.6 Å². The van der Waals surface area contributed by atoms with E-state index in [9.17, 15) is 14.4 Å². The number of benzene rings is 3. The van der Waals surface area contributed by atoms with Crippen molar-refractivity contribution in [2.45, 2.75) is 59.8 Å². The molecule has 0 fully saturated rings. The zero-order valence-electron chi connectivity index (χ0n) is 28.8. The average Bonchev–Trinajstić information content (AvgIpc) is 3.67. The summed E-state index contributed by atoms with van der Waals surface area (Å²) in [6.45, 7) is 11.3. The second-order valence-electron chi connectivity index (χ2n) is 12.4. The minimum Gasteiger partial charge on any atom is -0.491 e. The highest BCUT2D eigenvalue weighted by atomic mass is 32.1.